The van der Waals surface area contributed by atoms with E-state index < -0.39 is 11.6 Å². The summed E-state index contributed by atoms with van der Waals surface area (Å²) in [5.41, 5.74) is 1.79. The molecule has 0 spiro atoms. The summed E-state index contributed by atoms with van der Waals surface area (Å²) in [4.78, 5) is 14.8. The van der Waals surface area contributed by atoms with Crippen LogP contribution in [0.1, 0.15) is 19.3 Å². The molecule has 6 heteroatoms. The van der Waals surface area contributed by atoms with Crippen molar-refractivity contribution in [3.8, 4) is 0 Å². The van der Waals surface area contributed by atoms with E-state index in [0.29, 0.717) is 0 Å². The maximum atomic E-state index is 13.6. The second-order valence-corrected chi connectivity index (χ2v) is 6.99. The lowest BCUT2D eigenvalue weighted by Crippen LogP contribution is -2.30. The molecule has 1 aliphatic heterocycles. The van der Waals surface area contributed by atoms with E-state index in [1.807, 2.05) is 24.3 Å². The van der Waals surface area contributed by atoms with Gasteiger partial charge in [-0.25, -0.2) is 8.78 Å². The molecule has 1 saturated heterocycles. The molecule has 1 aliphatic rings. The molecule has 0 unspecified atom stereocenters. The molecule has 1 fully saturated rings. The van der Waals surface area contributed by atoms with Crippen LogP contribution in [0, 0.1) is 11.6 Å². The monoisotopic (exact) mass is 362 g/mol. The van der Waals surface area contributed by atoms with E-state index in [-0.39, 0.29) is 16.6 Å². The summed E-state index contributed by atoms with van der Waals surface area (Å²) in [5.74, 6) is -1.41. The number of anilines is 2. The Balaban J connectivity index is 1.63. The third-order valence-corrected chi connectivity index (χ3v) is 5.18. The predicted octanol–water partition coefficient (Wildman–Crippen LogP) is 4.69. The number of hydrogen-bond acceptors (Lipinski definition) is 3. The molecule has 0 atom stereocenters. The molecule has 3 nitrogen and oxygen atoms in total. The van der Waals surface area contributed by atoms with Crippen molar-refractivity contribution in [3.05, 3.63) is 54.1 Å². The first-order valence-electron chi connectivity index (χ1n) is 8.35. The van der Waals surface area contributed by atoms with Crippen molar-refractivity contribution in [2.24, 2.45) is 0 Å². The zero-order chi connectivity index (χ0) is 17.6. The summed E-state index contributed by atoms with van der Waals surface area (Å²) in [6, 6.07) is 11.1. The van der Waals surface area contributed by atoms with E-state index >= 15 is 0 Å². The Kier molecular flexibility index (Phi) is 5.91. The van der Waals surface area contributed by atoms with Gasteiger partial charge >= 0.3 is 0 Å². The standard InChI is InChI=1S/C19H20F2N2OS/c20-14-8-9-18(15(21)12-14)25-13-19(24)22-16-6-2-3-7-17(16)23-10-4-1-5-11-23/h2-3,6-9,12H,1,4-5,10-11,13H2,(H,22,24). The van der Waals surface area contributed by atoms with Crippen LogP contribution < -0.4 is 10.2 Å². The zero-order valence-corrected chi connectivity index (χ0v) is 14.6. The minimum Gasteiger partial charge on any atom is -0.370 e. The van der Waals surface area contributed by atoms with Gasteiger partial charge in [-0.2, -0.15) is 0 Å². The van der Waals surface area contributed by atoms with Crippen LogP contribution in [0.4, 0.5) is 20.2 Å². The topological polar surface area (TPSA) is 32.3 Å². The van der Waals surface area contributed by atoms with E-state index in [1.54, 1.807) is 0 Å². The molecular weight excluding hydrogens is 342 g/mol. The Morgan fingerprint density at radius 2 is 1.84 bits per heavy atom. The van der Waals surface area contributed by atoms with Gasteiger partial charge in [0.2, 0.25) is 5.91 Å². The molecule has 132 valence electrons. The number of nitrogens with zero attached hydrogens (tertiary/aromatic N) is 1. The van der Waals surface area contributed by atoms with Crippen LogP contribution in [0.15, 0.2) is 47.4 Å². The maximum absolute atomic E-state index is 13.6. The second kappa shape index (κ2) is 8.34. The highest BCUT2D eigenvalue weighted by Gasteiger charge is 2.16. The van der Waals surface area contributed by atoms with Crippen LogP contribution in [-0.4, -0.2) is 24.7 Å². The lowest BCUT2D eigenvalue weighted by atomic mass is 10.1. The molecule has 1 N–H and O–H groups in total. The summed E-state index contributed by atoms with van der Waals surface area (Å²) >= 11 is 1.06. The van der Waals surface area contributed by atoms with Gasteiger partial charge in [-0.15, -0.1) is 11.8 Å². The third-order valence-electron chi connectivity index (χ3n) is 4.13. The lowest BCUT2D eigenvalue weighted by molar-refractivity contribution is -0.113. The smallest absolute Gasteiger partial charge is 0.234 e. The Morgan fingerprint density at radius 3 is 2.60 bits per heavy atom. The van der Waals surface area contributed by atoms with Crippen LogP contribution in [-0.2, 0) is 4.79 Å². The minimum atomic E-state index is -0.647. The number of benzene rings is 2. The van der Waals surface area contributed by atoms with Gasteiger partial charge in [0.25, 0.3) is 0 Å². The van der Waals surface area contributed by atoms with Crippen LogP contribution in [0.2, 0.25) is 0 Å². The molecule has 0 bridgehead atoms. The van der Waals surface area contributed by atoms with Crippen LogP contribution in [0.3, 0.4) is 0 Å². The summed E-state index contributed by atoms with van der Waals surface area (Å²) in [6.07, 6.45) is 3.55. The van der Waals surface area contributed by atoms with Crippen molar-refractivity contribution in [2.45, 2.75) is 24.2 Å². The number of rotatable bonds is 5. The molecule has 0 aromatic heterocycles. The number of para-hydroxylation sites is 2. The average Bonchev–Trinajstić information content (AvgIpc) is 2.62. The first kappa shape index (κ1) is 17.7. The molecule has 25 heavy (non-hydrogen) atoms. The van der Waals surface area contributed by atoms with Crippen LogP contribution in [0.25, 0.3) is 0 Å². The fourth-order valence-corrected chi connectivity index (χ4v) is 3.63. The largest absolute Gasteiger partial charge is 0.370 e. The Bertz CT molecular complexity index is 748. The highest BCUT2D eigenvalue weighted by Crippen LogP contribution is 2.29. The Labute approximate surface area is 150 Å². The van der Waals surface area contributed by atoms with Gasteiger partial charge in [0.15, 0.2) is 0 Å². The van der Waals surface area contributed by atoms with E-state index in [1.165, 1.54) is 18.6 Å². The third kappa shape index (κ3) is 4.72. The number of carbonyl (C=O) groups excluding carboxylic acids is 1. The van der Waals surface area contributed by atoms with E-state index in [9.17, 15) is 13.6 Å². The summed E-state index contributed by atoms with van der Waals surface area (Å²) in [6.45, 7) is 1.98. The minimum absolute atomic E-state index is 0.0664. The Hall–Kier alpha value is -2.08. The fourth-order valence-electron chi connectivity index (χ4n) is 2.91. The van der Waals surface area contributed by atoms with E-state index in [2.05, 4.69) is 10.2 Å². The maximum Gasteiger partial charge on any atom is 0.234 e. The quantitative estimate of drug-likeness (QED) is 0.784. The number of piperidine rings is 1. The number of hydrogen-bond donors (Lipinski definition) is 1. The normalized spacial score (nSPS) is 14.4. The first-order valence-corrected chi connectivity index (χ1v) is 9.34. The molecule has 3 rings (SSSR count). The van der Waals surface area contributed by atoms with Gasteiger partial charge in [-0.05, 0) is 43.5 Å². The van der Waals surface area contributed by atoms with Crippen LogP contribution >= 0.6 is 11.8 Å². The number of halogens is 2. The van der Waals surface area contributed by atoms with E-state index in [0.717, 1.165) is 55.1 Å². The predicted molar refractivity (Wildman–Crippen MR) is 98.2 cm³/mol. The van der Waals surface area contributed by atoms with Gasteiger partial charge in [-0.3, -0.25) is 4.79 Å². The zero-order valence-electron chi connectivity index (χ0n) is 13.8. The van der Waals surface area contributed by atoms with Crippen LogP contribution in [0.5, 0.6) is 0 Å². The summed E-state index contributed by atoms with van der Waals surface area (Å²) in [5, 5.41) is 2.91. The van der Waals surface area contributed by atoms with Crippen molar-refractivity contribution in [2.75, 3.05) is 29.1 Å². The number of thioether (sulfide) groups is 1. The molecule has 1 heterocycles. The second-order valence-electron chi connectivity index (χ2n) is 5.98. The molecule has 2 aromatic carbocycles. The number of carbonyl (C=O) groups is 1. The fraction of sp³-hybridized carbons (Fsp3) is 0.316. The summed E-state index contributed by atoms with van der Waals surface area (Å²) < 4.78 is 26.6. The Morgan fingerprint density at radius 1 is 1.08 bits per heavy atom. The van der Waals surface area contributed by atoms with Gasteiger partial charge in [0.05, 0.1) is 17.1 Å². The molecule has 1 amide bonds. The molecular formula is C19H20F2N2OS. The van der Waals surface area contributed by atoms with Crippen molar-refractivity contribution in [1.82, 2.24) is 0 Å². The summed E-state index contributed by atoms with van der Waals surface area (Å²) in [7, 11) is 0. The lowest BCUT2D eigenvalue weighted by Gasteiger charge is -2.30. The SMILES string of the molecule is O=C(CSc1ccc(F)cc1F)Nc1ccccc1N1CCCCC1. The van der Waals surface area contributed by atoms with E-state index in [4.69, 9.17) is 0 Å². The number of amides is 1. The molecule has 0 saturated carbocycles. The highest BCUT2D eigenvalue weighted by molar-refractivity contribution is 8.00. The van der Waals surface area contributed by atoms with Gasteiger partial charge in [0.1, 0.15) is 11.6 Å². The van der Waals surface area contributed by atoms with Crippen molar-refractivity contribution in [3.63, 3.8) is 0 Å². The number of nitrogens with one attached hydrogen (secondary N) is 1. The molecule has 0 radical (unpaired) electrons. The average molecular weight is 362 g/mol. The first-order chi connectivity index (χ1) is 12.1. The van der Waals surface area contributed by atoms with Crippen molar-refractivity contribution >= 4 is 29.0 Å². The molecule has 0 aliphatic carbocycles. The van der Waals surface area contributed by atoms with Gasteiger partial charge < -0.3 is 10.2 Å². The van der Waals surface area contributed by atoms with Gasteiger partial charge in [-0.1, -0.05) is 12.1 Å². The molecule has 2 aromatic rings. The van der Waals surface area contributed by atoms with Gasteiger partial charge in [0, 0.05) is 24.1 Å². The van der Waals surface area contributed by atoms with Crippen molar-refractivity contribution in [1.29, 1.82) is 0 Å². The highest BCUT2D eigenvalue weighted by atomic mass is 32.2. The van der Waals surface area contributed by atoms with Crippen molar-refractivity contribution < 1.29 is 13.6 Å².